The largest absolute Gasteiger partial charge is 0.439 e. The smallest absolute Gasteiger partial charge is 0.407 e. The van der Waals surface area contributed by atoms with Crippen LogP contribution in [0.25, 0.3) is 0 Å². The van der Waals surface area contributed by atoms with Crippen molar-refractivity contribution in [1.82, 2.24) is 15.5 Å². The lowest BCUT2D eigenvalue weighted by Gasteiger charge is -2.26. The molecule has 2 N–H and O–H groups in total. The van der Waals surface area contributed by atoms with Gasteiger partial charge < -0.3 is 20.3 Å². The van der Waals surface area contributed by atoms with E-state index >= 15 is 0 Å². The molecule has 2 aliphatic heterocycles. The normalized spacial score (nSPS) is 18.0. The predicted molar refractivity (Wildman–Crippen MR) is 128 cm³/mol. The summed E-state index contributed by atoms with van der Waals surface area (Å²) in [5.41, 5.74) is 0.793. The van der Waals surface area contributed by atoms with Crippen molar-refractivity contribution in [1.29, 1.82) is 0 Å². The van der Waals surface area contributed by atoms with Crippen LogP contribution in [0.5, 0.6) is 0 Å². The van der Waals surface area contributed by atoms with E-state index in [4.69, 9.17) is 27.9 Å². The summed E-state index contributed by atoms with van der Waals surface area (Å²) in [6.45, 7) is 4.01. The molecular weight excluding hydrogens is 469 g/mol. The third-order valence-corrected chi connectivity index (χ3v) is 6.24. The predicted octanol–water partition coefficient (Wildman–Crippen LogP) is 3.40. The van der Waals surface area contributed by atoms with Gasteiger partial charge in [0.05, 0.1) is 22.3 Å². The molecule has 2 aliphatic rings. The first kappa shape index (κ1) is 25.1. The van der Waals surface area contributed by atoms with E-state index in [-0.39, 0.29) is 37.3 Å². The van der Waals surface area contributed by atoms with Crippen LogP contribution in [0, 0.1) is 5.92 Å². The lowest BCUT2D eigenvalue weighted by atomic mass is 10.1. The Morgan fingerprint density at radius 1 is 1.15 bits per heavy atom. The Bertz CT molecular complexity index is 905. The fourth-order valence-electron chi connectivity index (χ4n) is 3.63. The minimum absolute atomic E-state index is 0.0361. The molecule has 0 aliphatic carbocycles. The zero-order valence-electron chi connectivity index (χ0n) is 18.6. The number of ether oxygens (including phenoxy) is 1. The number of hydrazone groups is 1. The summed E-state index contributed by atoms with van der Waals surface area (Å²) >= 11 is 12.0. The number of rotatable bonds is 7. The average molecular weight is 498 g/mol. The van der Waals surface area contributed by atoms with Crippen LogP contribution in [0.3, 0.4) is 0 Å². The molecule has 0 aromatic heterocycles. The summed E-state index contributed by atoms with van der Waals surface area (Å²) in [6, 6.07) is 5.26. The Balaban J connectivity index is 1.34. The van der Waals surface area contributed by atoms with Crippen molar-refractivity contribution in [2.75, 3.05) is 37.8 Å². The molecule has 2 heterocycles. The lowest BCUT2D eigenvalue weighted by Crippen LogP contribution is -2.39. The van der Waals surface area contributed by atoms with E-state index in [0.717, 1.165) is 24.9 Å². The van der Waals surface area contributed by atoms with Gasteiger partial charge in [-0.3, -0.25) is 14.6 Å². The van der Waals surface area contributed by atoms with Gasteiger partial charge in [0.2, 0.25) is 5.91 Å². The zero-order chi connectivity index (χ0) is 23.8. The highest BCUT2D eigenvalue weighted by Crippen LogP contribution is 2.29. The second-order valence-corrected chi connectivity index (χ2v) is 8.98. The molecule has 1 saturated heterocycles. The Labute approximate surface area is 203 Å². The van der Waals surface area contributed by atoms with Crippen molar-refractivity contribution in [3.05, 3.63) is 28.2 Å². The van der Waals surface area contributed by atoms with E-state index in [0.29, 0.717) is 41.9 Å². The summed E-state index contributed by atoms with van der Waals surface area (Å²) in [5.74, 6) is 0.251. The van der Waals surface area contributed by atoms with Gasteiger partial charge in [-0.15, -0.1) is 0 Å². The summed E-state index contributed by atoms with van der Waals surface area (Å²) in [4.78, 5) is 37.8. The molecule has 11 heteroatoms. The molecule has 1 fully saturated rings. The SMILES string of the molecule is CC1CN(c2ccc(Cl)c(Cl)c2)N=C1NC(=O)CCCNC(=O)OCC(=O)N1CCCCC1. The third kappa shape index (κ3) is 7.50. The second-order valence-electron chi connectivity index (χ2n) is 8.16. The minimum atomic E-state index is -0.660. The molecule has 0 spiro atoms. The first-order chi connectivity index (χ1) is 15.8. The maximum atomic E-state index is 12.3. The number of nitrogens with one attached hydrogen (secondary N) is 2. The molecule has 9 nitrogen and oxygen atoms in total. The Morgan fingerprint density at radius 2 is 1.91 bits per heavy atom. The topological polar surface area (TPSA) is 103 Å². The van der Waals surface area contributed by atoms with Crippen molar-refractivity contribution in [3.63, 3.8) is 0 Å². The third-order valence-electron chi connectivity index (χ3n) is 5.50. The fourth-order valence-corrected chi connectivity index (χ4v) is 3.92. The van der Waals surface area contributed by atoms with Crippen molar-refractivity contribution >= 4 is 52.6 Å². The highest BCUT2D eigenvalue weighted by atomic mass is 35.5. The number of nitrogens with zero attached hydrogens (tertiary/aromatic N) is 3. The van der Waals surface area contributed by atoms with Crippen LogP contribution in [-0.2, 0) is 14.3 Å². The maximum Gasteiger partial charge on any atom is 0.407 e. The van der Waals surface area contributed by atoms with Crippen LogP contribution in [0.1, 0.15) is 39.0 Å². The molecule has 1 unspecified atom stereocenters. The molecule has 180 valence electrons. The standard InChI is InChI=1S/C22H29Cl2N5O4/c1-15-13-29(16-7-8-17(23)18(24)12-16)27-21(15)26-19(30)6-5-9-25-22(32)33-14-20(31)28-10-3-2-4-11-28/h7-8,12,15H,2-6,9-11,13-14H2,1H3,(H,25,32)(H,26,27,30). The van der Waals surface area contributed by atoms with Gasteiger partial charge in [-0.2, -0.15) is 5.10 Å². The monoisotopic (exact) mass is 497 g/mol. The van der Waals surface area contributed by atoms with E-state index in [1.807, 2.05) is 13.0 Å². The molecule has 0 radical (unpaired) electrons. The Morgan fingerprint density at radius 3 is 2.64 bits per heavy atom. The molecule has 3 amide bonds. The number of hydrogen-bond acceptors (Lipinski definition) is 6. The van der Waals surface area contributed by atoms with Gasteiger partial charge in [0.25, 0.3) is 5.91 Å². The molecule has 0 bridgehead atoms. The van der Waals surface area contributed by atoms with E-state index in [1.165, 1.54) is 0 Å². The van der Waals surface area contributed by atoms with E-state index in [1.54, 1.807) is 22.0 Å². The molecule has 33 heavy (non-hydrogen) atoms. The number of carbonyl (C=O) groups excluding carboxylic acids is 3. The number of halogens is 2. The fraction of sp³-hybridized carbons (Fsp3) is 0.545. The van der Waals surface area contributed by atoms with Gasteiger partial charge in [0, 0.05) is 32.0 Å². The first-order valence-electron chi connectivity index (χ1n) is 11.1. The number of likely N-dealkylation sites (tertiary alicyclic amines) is 1. The molecule has 1 aromatic rings. The van der Waals surface area contributed by atoms with Crippen molar-refractivity contribution in [2.45, 2.75) is 39.0 Å². The highest BCUT2D eigenvalue weighted by Gasteiger charge is 2.25. The lowest BCUT2D eigenvalue weighted by molar-refractivity contribution is -0.135. The Kier molecular flexibility index (Phi) is 9.20. The summed E-state index contributed by atoms with van der Waals surface area (Å²) in [5, 5.41) is 12.6. The van der Waals surface area contributed by atoms with Crippen LogP contribution in [0.4, 0.5) is 10.5 Å². The first-order valence-corrected chi connectivity index (χ1v) is 11.9. The number of piperidine rings is 1. The number of benzene rings is 1. The number of alkyl carbamates (subject to hydrolysis) is 1. The number of hydrogen-bond donors (Lipinski definition) is 2. The van der Waals surface area contributed by atoms with Gasteiger partial charge in [-0.1, -0.05) is 30.1 Å². The van der Waals surface area contributed by atoms with Gasteiger partial charge in [-0.05, 0) is 43.9 Å². The summed E-state index contributed by atoms with van der Waals surface area (Å²) in [7, 11) is 0. The zero-order valence-corrected chi connectivity index (χ0v) is 20.1. The molecule has 0 saturated carbocycles. The minimum Gasteiger partial charge on any atom is -0.439 e. The summed E-state index contributed by atoms with van der Waals surface area (Å²) < 4.78 is 4.97. The van der Waals surface area contributed by atoms with Crippen molar-refractivity contribution in [2.24, 2.45) is 11.0 Å². The van der Waals surface area contributed by atoms with Crippen LogP contribution in [0.15, 0.2) is 23.3 Å². The summed E-state index contributed by atoms with van der Waals surface area (Å²) in [6.07, 6.45) is 3.08. The van der Waals surface area contributed by atoms with Gasteiger partial charge in [-0.25, -0.2) is 4.79 Å². The molecular formula is C22H29Cl2N5O4. The van der Waals surface area contributed by atoms with Crippen LogP contribution >= 0.6 is 23.2 Å². The molecule has 1 atom stereocenters. The van der Waals surface area contributed by atoms with E-state index in [2.05, 4.69) is 15.7 Å². The Hall–Kier alpha value is -2.52. The van der Waals surface area contributed by atoms with Crippen LogP contribution in [-0.4, -0.2) is 61.4 Å². The highest BCUT2D eigenvalue weighted by molar-refractivity contribution is 6.42. The van der Waals surface area contributed by atoms with Gasteiger partial charge >= 0.3 is 6.09 Å². The number of amides is 3. The van der Waals surface area contributed by atoms with Gasteiger partial charge in [0.15, 0.2) is 6.61 Å². The molecule has 1 aromatic carbocycles. The average Bonchev–Trinajstić information content (AvgIpc) is 3.17. The number of amidine groups is 1. The quantitative estimate of drug-likeness (QED) is 0.561. The number of anilines is 1. The molecule has 3 rings (SSSR count). The van der Waals surface area contributed by atoms with Crippen molar-refractivity contribution in [3.8, 4) is 0 Å². The van der Waals surface area contributed by atoms with Crippen LogP contribution < -0.4 is 15.6 Å². The number of carbonyl (C=O) groups is 3. The van der Waals surface area contributed by atoms with Crippen LogP contribution in [0.2, 0.25) is 10.0 Å². The maximum absolute atomic E-state index is 12.3. The van der Waals surface area contributed by atoms with E-state index < -0.39 is 6.09 Å². The van der Waals surface area contributed by atoms with E-state index in [9.17, 15) is 14.4 Å². The second kappa shape index (κ2) is 12.1. The van der Waals surface area contributed by atoms with Crippen molar-refractivity contribution < 1.29 is 19.1 Å². The van der Waals surface area contributed by atoms with Gasteiger partial charge in [0.1, 0.15) is 5.84 Å².